The van der Waals surface area contributed by atoms with Crippen LogP contribution in [0.3, 0.4) is 0 Å². The summed E-state index contributed by atoms with van der Waals surface area (Å²) in [6.07, 6.45) is 0. The van der Waals surface area contributed by atoms with Crippen molar-refractivity contribution in [2.45, 2.75) is 39.3 Å². The molecule has 3 aliphatic heterocycles. The van der Waals surface area contributed by atoms with E-state index in [1.165, 1.54) is 4.90 Å². The molecule has 6 nitrogen and oxygen atoms in total. The lowest BCUT2D eigenvalue weighted by atomic mass is 9.76. The number of amides is 3. The van der Waals surface area contributed by atoms with Crippen LogP contribution in [0.1, 0.15) is 30.5 Å². The maximum atomic E-state index is 13.9. The van der Waals surface area contributed by atoms with Crippen molar-refractivity contribution >= 4 is 29.1 Å². The molecular formula is C24H26N3O3+. The fourth-order valence-electron chi connectivity index (χ4n) is 5.83. The van der Waals surface area contributed by atoms with Crippen molar-refractivity contribution < 1.29 is 19.7 Å². The number of para-hydroxylation sites is 2. The molecule has 154 valence electrons. The average Bonchev–Trinajstić information content (AvgIpc) is 3.29. The quantitative estimate of drug-likeness (QED) is 0.750. The highest BCUT2D eigenvalue weighted by Gasteiger charge is 2.74. The number of fused-ring (bicyclic) bond motifs is 4. The third-order valence-corrected chi connectivity index (χ3v) is 7.14. The normalized spacial score (nSPS) is 29.7. The zero-order valence-electron chi connectivity index (χ0n) is 17.6. The molecule has 0 unspecified atom stereocenters. The van der Waals surface area contributed by atoms with Gasteiger partial charge in [0.25, 0.3) is 5.91 Å². The summed E-state index contributed by atoms with van der Waals surface area (Å²) in [5.41, 5.74) is 2.85. The number of hydrogen-bond donors (Lipinski definition) is 2. The van der Waals surface area contributed by atoms with Gasteiger partial charge in [-0.1, -0.05) is 50.2 Å². The van der Waals surface area contributed by atoms with Gasteiger partial charge in [-0.25, -0.2) is 4.90 Å². The number of rotatable bonds is 2. The van der Waals surface area contributed by atoms with Gasteiger partial charge in [0.15, 0.2) is 0 Å². The molecule has 2 saturated heterocycles. The molecule has 3 aliphatic rings. The van der Waals surface area contributed by atoms with E-state index in [4.69, 9.17) is 0 Å². The van der Waals surface area contributed by atoms with E-state index in [1.54, 1.807) is 0 Å². The fourth-order valence-corrected chi connectivity index (χ4v) is 5.83. The summed E-state index contributed by atoms with van der Waals surface area (Å²) in [5, 5.41) is 4.95. The van der Waals surface area contributed by atoms with Crippen molar-refractivity contribution in [3.63, 3.8) is 0 Å². The monoisotopic (exact) mass is 404 g/mol. The fraction of sp³-hybridized carbons (Fsp3) is 0.375. The molecule has 6 heteroatoms. The van der Waals surface area contributed by atoms with Crippen LogP contribution in [-0.2, 0) is 19.9 Å². The summed E-state index contributed by atoms with van der Waals surface area (Å²) in [7, 11) is 0. The van der Waals surface area contributed by atoms with Crippen molar-refractivity contribution in [1.29, 1.82) is 0 Å². The van der Waals surface area contributed by atoms with Crippen molar-refractivity contribution in [1.82, 2.24) is 0 Å². The summed E-state index contributed by atoms with van der Waals surface area (Å²) >= 11 is 0. The van der Waals surface area contributed by atoms with Crippen molar-refractivity contribution in [2.75, 3.05) is 10.2 Å². The first-order valence-corrected chi connectivity index (χ1v) is 10.5. The third-order valence-electron chi connectivity index (χ3n) is 7.14. The van der Waals surface area contributed by atoms with Crippen LogP contribution in [0.25, 0.3) is 0 Å². The van der Waals surface area contributed by atoms with Crippen molar-refractivity contribution in [3.8, 4) is 0 Å². The number of aryl methyl sites for hydroxylation is 2. The van der Waals surface area contributed by atoms with E-state index in [9.17, 15) is 14.4 Å². The van der Waals surface area contributed by atoms with Gasteiger partial charge in [-0.3, -0.25) is 14.4 Å². The second-order valence-corrected chi connectivity index (χ2v) is 9.11. The molecule has 2 fully saturated rings. The topological polar surface area (TPSA) is 83.1 Å². The summed E-state index contributed by atoms with van der Waals surface area (Å²) in [6.45, 7) is 7.93. The lowest BCUT2D eigenvalue weighted by Crippen LogP contribution is -2.99. The van der Waals surface area contributed by atoms with Crippen molar-refractivity contribution in [2.24, 2.45) is 17.8 Å². The lowest BCUT2D eigenvalue weighted by Gasteiger charge is -2.28. The van der Waals surface area contributed by atoms with E-state index < -0.39 is 17.4 Å². The standard InChI is InChI=1S/C24H25N3O3/c1-12(2)19-17-18(24(26-19)15-10-5-6-11-16(15)25-23(24)30)22(29)27(21(17)28)20-13(3)8-7-9-14(20)4/h5-12,17-19,26H,1-4H3,(H,25,30)/p+1/t17-,18-,19+,24+/m0/s1. The maximum absolute atomic E-state index is 13.9. The molecule has 0 saturated carbocycles. The molecule has 2 aromatic carbocycles. The van der Waals surface area contributed by atoms with Gasteiger partial charge in [0.1, 0.15) is 17.9 Å². The minimum absolute atomic E-state index is 0.132. The predicted molar refractivity (Wildman–Crippen MR) is 113 cm³/mol. The third kappa shape index (κ3) is 2.20. The number of nitrogens with two attached hydrogens (primary N) is 1. The molecular weight excluding hydrogens is 378 g/mol. The van der Waals surface area contributed by atoms with Gasteiger partial charge < -0.3 is 10.6 Å². The van der Waals surface area contributed by atoms with Gasteiger partial charge in [0, 0.05) is 11.5 Å². The molecule has 0 aliphatic carbocycles. The predicted octanol–water partition coefficient (Wildman–Crippen LogP) is 1.86. The molecule has 5 rings (SSSR count). The number of carbonyl (C=O) groups is 3. The first-order valence-electron chi connectivity index (χ1n) is 10.5. The summed E-state index contributed by atoms with van der Waals surface area (Å²) in [4.78, 5) is 42.4. The van der Waals surface area contributed by atoms with E-state index in [2.05, 4.69) is 19.2 Å². The molecule has 3 heterocycles. The Kier molecular flexibility index (Phi) is 3.96. The van der Waals surface area contributed by atoms with Gasteiger partial charge in [-0.05, 0) is 31.0 Å². The van der Waals surface area contributed by atoms with E-state index in [-0.39, 0.29) is 29.7 Å². The second-order valence-electron chi connectivity index (χ2n) is 9.11. The number of nitrogens with one attached hydrogen (secondary N) is 1. The van der Waals surface area contributed by atoms with Gasteiger partial charge >= 0.3 is 0 Å². The van der Waals surface area contributed by atoms with Gasteiger partial charge in [-0.2, -0.15) is 0 Å². The first kappa shape index (κ1) is 19.0. The largest absolute Gasteiger partial charge is 0.326 e. The Bertz CT molecular complexity index is 1090. The highest BCUT2D eigenvalue weighted by molar-refractivity contribution is 6.25. The van der Waals surface area contributed by atoms with Gasteiger partial charge in [0.05, 0.1) is 11.4 Å². The zero-order chi connectivity index (χ0) is 21.4. The number of carbonyl (C=O) groups excluding carboxylic acids is 3. The summed E-state index contributed by atoms with van der Waals surface area (Å²) in [5.74, 6) is -1.79. The molecule has 1 spiro atoms. The van der Waals surface area contributed by atoms with Crippen molar-refractivity contribution in [3.05, 3.63) is 59.2 Å². The number of anilines is 2. The SMILES string of the molecule is Cc1cccc(C)c1N1C(=O)[C@@H]2[C@@H](C(C)C)[NH2+][C@@]3(C(=O)Nc4ccccc43)[C@@H]2C1=O. The van der Waals surface area contributed by atoms with Crippen LogP contribution in [0, 0.1) is 31.6 Å². The lowest BCUT2D eigenvalue weighted by molar-refractivity contribution is -0.738. The average molecular weight is 404 g/mol. The Labute approximate surface area is 175 Å². The Morgan fingerprint density at radius 3 is 2.30 bits per heavy atom. The maximum Gasteiger partial charge on any atom is 0.291 e. The van der Waals surface area contributed by atoms with Crippen LogP contribution in [0.5, 0.6) is 0 Å². The van der Waals surface area contributed by atoms with E-state index in [0.717, 1.165) is 22.4 Å². The molecule has 0 aromatic heterocycles. The van der Waals surface area contributed by atoms with Crippen LogP contribution in [0.4, 0.5) is 11.4 Å². The minimum atomic E-state index is -1.10. The Balaban J connectivity index is 1.72. The number of quaternary nitrogens is 1. The smallest absolute Gasteiger partial charge is 0.291 e. The van der Waals surface area contributed by atoms with E-state index in [1.807, 2.05) is 61.6 Å². The Hall–Kier alpha value is -2.99. The summed E-state index contributed by atoms with van der Waals surface area (Å²) < 4.78 is 0. The van der Waals surface area contributed by atoms with E-state index >= 15 is 0 Å². The van der Waals surface area contributed by atoms with Crippen LogP contribution >= 0.6 is 0 Å². The molecule has 4 atom stereocenters. The van der Waals surface area contributed by atoms with Crippen LogP contribution in [0.2, 0.25) is 0 Å². The Morgan fingerprint density at radius 1 is 0.967 bits per heavy atom. The van der Waals surface area contributed by atoms with Gasteiger partial charge in [0.2, 0.25) is 17.4 Å². The number of hydrogen-bond acceptors (Lipinski definition) is 3. The first-order chi connectivity index (χ1) is 14.3. The number of benzene rings is 2. The van der Waals surface area contributed by atoms with Crippen LogP contribution in [-0.4, -0.2) is 23.8 Å². The zero-order valence-corrected chi connectivity index (χ0v) is 17.6. The molecule has 3 N–H and O–H groups in total. The number of nitrogens with zero attached hydrogens (tertiary/aromatic N) is 1. The van der Waals surface area contributed by atoms with Gasteiger partial charge in [-0.15, -0.1) is 0 Å². The van der Waals surface area contributed by atoms with E-state index in [0.29, 0.717) is 5.69 Å². The highest BCUT2D eigenvalue weighted by Crippen LogP contribution is 2.51. The molecule has 2 aromatic rings. The minimum Gasteiger partial charge on any atom is -0.326 e. The second kappa shape index (κ2) is 6.25. The van der Waals surface area contributed by atoms with Crippen LogP contribution in [0.15, 0.2) is 42.5 Å². The molecule has 3 amide bonds. The molecule has 30 heavy (non-hydrogen) atoms. The molecule has 0 radical (unpaired) electrons. The summed E-state index contributed by atoms with van der Waals surface area (Å²) in [6, 6.07) is 13.1. The number of imide groups is 1. The van der Waals surface area contributed by atoms with Crippen LogP contribution < -0.4 is 15.5 Å². The Morgan fingerprint density at radius 2 is 1.63 bits per heavy atom. The highest BCUT2D eigenvalue weighted by atomic mass is 16.2. The molecule has 0 bridgehead atoms.